The maximum atomic E-state index is 8.71. The van der Waals surface area contributed by atoms with Gasteiger partial charge >= 0.3 is 0 Å². The first-order chi connectivity index (χ1) is 9.72. The van der Waals surface area contributed by atoms with Gasteiger partial charge in [0.2, 0.25) is 0 Å². The van der Waals surface area contributed by atoms with Crippen LogP contribution < -0.4 is 4.74 Å². The Morgan fingerprint density at radius 3 is 2.15 bits per heavy atom. The molecule has 0 aliphatic carbocycles. The molecular weight excluding hydrogens is 250 g/mol. The zero-order valence-corrected chi connectivity index (χ0v) is 11.8. The van der Waals surface area contributed by atoms with E-state index in [1.807, 2.05) is 24.3 Å². The van der Waals surface area contributed by atoms with Gasteiger partial charge in [0.05, 0.1) is 5.71 Å². The maximum absolute atomic E-state index is 8.71. The lowest BCUT2D eigenvalue weighted by molar-refractivity contribution is 0.306. The molecule has 0 bridgehead atoms. The van der Waals surface area contributed by atoms with Gasteiger partial charge in [-0.05, 0) is 54.3 Å². The largest absolute Gasteiger partial charge is 0.489 e. The maximum Gasteiger partial charge on any atom is 0.119 e. The zero-order chi connectivity index (χ0) is 14.4. The molecule has 2 aromatic carbocycles. The van der Waals surface area contributed by atoms with E-state index < -0.39 is 0 Å². The zero-order valence-electron chi connectivity index (χ0n) is 11.8. The molecule has 0 aromatic heterocycles. The molecule has 104 valence electrons. The highest BCUT2D eigenvalue weighted by Gasteiger charge is 2.00. The molecule has 0 atom stereocenters. The molecule has 0 amide bonds. The van der Waals surface area contributed by atoms with Crippen LogP contribution in [0, 0.1) is 0 Å². The Bertz CT molecular complexity index is 571. The fourth-order valence-electron chi connectivity index (χ4n) is 1.89. The second-order valence-electron chi connectivity index (χ2n) is 4.67. The number of hydrogen-bond donors (Lipinski definition) is 1. The molecule has 0 unspecified atom stereocenters. The molecule has 0 saturated carbocycles. The fraction of sp³-hybridized carbons (Fsp3) is 0.235. The minimum Gasteiger partial charge on any atom is -0.489 e. The van der Waals surface area contributed by atoms with Crippen LogP contribution in [-0.4, -0.2) is 10.9 Å². The van der Waals surface area contributed by atoms with Crippen LogP contribution in [0.15, 0.2) is 53.7 Å². The highest BCUT2D eigenvalue weighted by molar-refractivity contribution is 5.98. The predicted octanol–water partition coefficient (Wildman–Crippen LogP) is 4.03. The summed E-state index contributed by atoms with van der Waals surface area (Å²) in [5.74, 6) is 0.805. The summed E-state index contributed by atoms with van der Waals surface area (Å²) < 4.78 is 5.73. The van der Waals surface area contributed by atoms with E-state index in [0.29, 0.717) is 12.3 Å². The van der Waals surface area contributed by atoms with Crippen molar-refractivity contribution in [2.45, 2.75) is 26.9 Å². The lowest BCUT2D eigenvalue weighted by Crippen LogP contribution is -1.97. The standard InChI is InChI=1S/C17H19NO2/c1-3-14-4-6-15(7-5-14)12-20-17-10-8-16(9-11-17)13(2)18-19/h4-11,19H,3,12H2,1-2H3/b18-13+. The third-order valence-electron chi connectivity index (χ3n) is 3.26. The van der Waals surface area contributed by atoms with E-state index in [2.05, 4.69) is 36.3 Å². The molecule has 3 nitrogen and oxygen atoms in total. The van der Waals surface area contributed by atoms with E-state index in [1.165, 1.54) is 5.56 Å². The highest BCUT2D eigenvalue weighted by Crippen LogP contribution is 2.15. The number of benzene rings is 2. The average Bonchev–Trinajstić information content (AvgIpc) is 2.53. The van der Waals surface area contributed by atoms with Crippen molar-refractivity contribution < 1.29 is 9.94 Å². The Morgan fingerprint density at radius 1 is 1.00 bits per heavy atom. The first-order valence-electron chi connectivity index (χ1n) is 6.72. The monoisotopic (exact) mass is 269 g/mol. The Kier molecular flexibility index (Phi) is 4.77. The van der Waals surface area contributed by atoms with Crippen LogP contribution in [0.4, 0.5) is 0 Å². The van der Waals surface area contributed by atoms with Gasteiger partial charge < -0.3 is 9.94 Å². The number of hydrogen-bond acceptors (Lipinski definition) is 3. The predicted molar refractivity (Wildman–Crippen MR) is 80.6 cm³/mol. The lowest BCUT2D eigenvalue weighted by atomic mass is 10.1. The second kappa shape index (κ2) is 6.75. The van der Waals surface area contributed by atoms with Crippen LogP contribution in [0.2, 0.25) is 0 Å². The molecule has 0 fully saturated rings. The Labute approximate surface area is 119 Å². The molecule has 2 aromatic rings. The summed E-state index contributed by atoms with van der Waals surface area (Å²) in [6.07, 6.45) is 1.05. The summed E-state index contributed by atoms with van der Waals surface area (Å²) in [7, 11) is 0. The first-order valence-corrected chi connectivity index (χ1v) is 6.72. The second-order valence-corrected chi connectivity index (χ2v) is 4.67. The van der Waals surface area contributed by atoms with Gasteiger partial charge in [0.15, 0.2) is 0 Å². The summed E-state index contributed by atoms with van der Waals surface area (Å²) in [4.78, 5) is 0. The van der Waals surface area contributed by atoms with Crippen molar-refractivity contribution in [2.75, 3.05) is 0 Å². The van der Waals surface area contributed by atoms with Crippen molar-refractivity contribution in [1.29, 1.82) is 0 Å². The summed E-state index contributed by atoms with van der Waals surface area (Å²) in [5, 5.41) is 11.9. The van der Waals surface area contributed by atoms with Gasteiger partial charge in [-0.1, -0.05) is 36.3 Å². The summed E-state index contributed by atoms with van der Waals surface area (Å²) >= 11 is 0. The Balaban J connectivity index is 1.96. The number of ether oxygens (including phenoxy) is 1. The lowest BCUT2D eigenvalue weighted by Gasteiger charge is -2.07. The van der Waals surface area contributed by atoms with Gasteiger partial charge in [0.1, 0.15) is 12.4 Å². The topological polar surface area (TPSA) is 41.8 Å². The van der Waals surface area contributed by atoms with Gasteiger partial charge in [-0.15, -0.1) is 0 Å². The third kappa shape index (κ3) is 3.60. The Hall–Kier alpha value is -2.29. The van der Waals surface area contributed by atoms with E-state index in [4.69, 9.17) is 9.94 Å². The van der Waals surface area contributed by atoms with Crippen LogP contribution in [-0.2, 0) is 13.0 Å². The van der Waals surface area contributed by atoms with Gasteiger partial charge in [0, 0.05) is 0 Å². The molecular formula is C17H19NO2. The molecule has 3 heteroatoms. The molecule has 0 saturated heterocycles. The van der Waals surface area contributed by atoms with Crippen LogP contribution in [0.25, 0.3) is 0 Å². The average molecular weight is 269 g/mol. The molecule has 20 heavy (non-hydrogen) atoms. The summed E-state index contributed by atoms with van der Waals surface area (Å²) in [6, 6.07) is 16.0. The van der Waals surface area contributed by atoms with Gasteiger partial charge in [-0.2, -0.15) is 0 Å². The number of rotatable bonds is 5. The fourth-order valence-corrected chi connectivity index (χ4v) is 1.89. The SMILES string of the molecule is CCc1ccc(COc2ccc(/C(C)=N/O)cc2)cc1. The van der Waals surface area contributed by atoms with E-state index in [1.54, 1.807) is 6.92 Å². The van der Waals surface area contributed by atoms with E-state index in [-0.39, 0.29) is 0 Å². The smallest absolute Gasteiger partial charge is 0.119 e. The number of oxime groups is 1. The molecule has 1 N–H and O–H groups in total. The van der Waals surface area contributed by atoms with Crippen molar-refractivity contribution in [3.63, 3.8) is 0 Å². The minimum atomic E-state index is 0.552. The summed E-state index contributed by atoms with van der Waals surface area (Å²) in [6.45, 7) is 4.45. The van der Waals surface area contributed by atoms with Crippen molar-refractivity contribution in [3.05, 3.63) is 65.2 Å². The summed E-state index contributed by atoms with van der Waals surface area (Å²) in [5.41, 5.74) is 3.95. The van der Waals surface area contributed by atoms with Gasteiger partial charge in [-0.3, -0.25) is 0 Å². The van der Waals surface area contributed by atoms with E-state index >= 15 is 0 Å². The molecule has 0 radical (unpaired) electrons. The molecule has 0 spiro atoms. The van der Waals surface area contributed by atoms with Crippen molar-refractivity contribution >= 4 is 5.71 Å². The quantitative estimate of drug-likeness (QED) is 0.506. The molecule has 0 heterocycles. The van der Waals surface area contributed by atoms with E-state index in [9.17, 15) is 0 Å². The van der Waals surface area contributed by atoms with E-state index in [0.717, 1.165) is 23.3 Å². The molecule has 2 rings (SSSR count). The molecule has 0 aliphatic rings. The number of nitrogens with zero attached hydrogens (tertiary/aromatic N) is 1. The minimum absolute atomic E-state index is 0.552. The van der Waals surface area contributed by atoms with Crippen molar-refractivity contribution in [2.24, 2.45) is 5.16 Å². The third-order valence-corrected chi connectivity index (χ3v) is 3.26. The van der Waals surface area contributed by atoms with Gasteiger partial charge in [-0.25, -0.2) is 0 Å². The van der Waals surface area contributed by atoms with Crippen LogP contribution in [0.5, 0.6) is 5.75 Å². The van der Waals surface area contributed by atoms with Gasteiger partial charge in [0.25, 0.3) is 0 Å². The normalized spacial score (nSPS) is 11.4. The highest BCUT2D eigenvalue weighted by atomic mass is 16.5. The van der Waals surface area contributed by atoms with Crippen LogP contribution in [0.3, 0.4) is 0 Å². The van der Waals surface area contributed by atoms with Crippen molar-refractivity contribution in [3.8, 4) is 5.75 Å². The van der Waals surface area contributed by atoms with Crippen LogP contribution in [0.1, 0.15) is 30.5 Å². The number of aryl methyl sites for hydroxylation is 1. The van der Waals surface area contributed by atoms with Crippen molar-refractivity contribution in [1.82, 2.24) is 0 Å². The first kappa shape index (κ1) is 14.1. The Morgan fingerprint density at radius 2 is 1.60 bits per heavy atom. The van der Waals surface area contributed by atoms with Crippen LogP contribution >= 0.6 is 0 Å². The molecule has 0 aliphatic heterocycles.